The molecule has 1 amide bonds. The van der Waals surface area contributed by atoms with Gasteiger partial charge in [0.25, 0.3) is 5.91 Å². The van der Waals surface area contributed by atoms with E-state index in [1.54, 1.807) is 12.1 Å². The van der Waals surface area contributed by atoms with Crippen LogP contribution in [0.1, 0.15) is 18.4 Å². The molecule has 2 aliphatic rings. The van der Waals surface area contributed by atoms with Crippen molar-refractivity contribution in [3.63, 3.8) is 0 Å². The average Bonchev–Trinajstić information content (AvgIpc) is 3.14. The molecule has 5 rings (SSSR count). The van der Waals surface area contributed by atoms with Gasteiger partial charge >= 0.3 is 10.2 Å². The van der Waals surface area contributed by atoms with E-state index in [0.717, 1.165) is 5.56 Å². The highest BCUT2D eigenvalue weighted by atomic mass is 32.2. The molecule has 3 aromatic rings. The molecule has 2 fully saturated rings. The topological polar surface area (TPSA) is 122 Å². The van der Waals surface area contributed by atoms with E-state index in [9.17, 15) is 21.6 Å². The van der Waals surface area contributed by atoms with Crippen LogP contribution < -0.4 is 18.5 Å². The van der Waals surface area contributed by atoms with E-state index >= 15 is 4.39 Å². The van der Waals surface area contributed by atoms with Gasteiger partial charge in [-0.15, -0.1) is 0 Å². The Balaban J connectivity index is 1.48. The van der Waals surface area contributed by atoms with Crippen LogP contribution >= 0.6 is 0 Å². The van der Waals surface area contributed by atoms with Crippen LogP contribution in [0.5, 0.6) is 11.5 Å². The number of fused-ring (bicyclic) bond motifs is 1. The smallest absolute Gasteiger partial charge is 0.326 e. The highest BCUT2D eigenvalue weighted by molar-refractivity contribution is 7.92. The molecule has 0 radical (unpaired) electrons. The predicted octanol–water partition coefficient (Wildman–Crippen LogP) is 2.54. The van der Waals surface area contributed by atoms with Gasteiger partial charge in [0, 0.05) is 18.5 Å². The first-order valence-corrected chi connectivity index (χ1v) is 15.2. The molecule has 202 valence electrons. The van der Waals surface area contributed by atoms with E-state index in [2.05, 4.69) is 0 Å². The molecule has 2 saturated heterocycles. The molecule has 38 heavy (non-hydrogen) atoms. The van der Waals surface area contributed by atoms with Crippen molar-refractivity contribution < 1.29 is 35.5 Å². The number of piperidine rings is 1. The average molecular weight is 564 g/mol. The summed E-state index contributed by atoms with van der Waals surface area (Å²) in [5.74, 6) is -1.32. The largest absolute Gasteiger partial charge is 0.490 e. The third-order valence-electron chi connectivity index (χ3n) is 6.47. The number of ether oxygens (including phenoxy) is 2. The van der Waals surface area contributed by atoms with Gasteiger partial charge in [-0.2, -0.15) is 8.42 Å². The van der Waals surface area contributed by atoms with Crippen molar-refractivity contribution in [1.82, 2.24) is 9.03 Å². The number of rotatable bonds is 7. The Kier molecular flexibility index (Phi) is 6.92. The number of halogens is 1. The minimum atomic E-state index is -4.31. The van der Waals surface area contributed by atoms with Gasteiger partial charge in [0.1, 0.15) is 36.4 Å². The fourth-order valence-electron chi connectivity index (χ4n) is 4.57. The maximum absolute atomic E-state index is 16.1. The van der Waals surface area contributed by atoms with Crippen molar-refractivity contribution in [2.24, 2.45) is 0 Å². The second-order valence-electron chi connectivity index (χ2n) is 9.21. The van der Waals surface area contributed by atoms with Crippen LogP contribution in [0.4, 0.5) is 10.1 Å². The van der Waals surface area contributed by atoms with Crippen molar-refractivity contribution >= 4 is 42.6 Å². The third kappa shape index (κ3) is 5.40. The van der Waals surface area contributed by atoms with Crippen LogP contribution in [0.25, 0.3) is 10.8 Å². The molecule has 0 unspecified atom stereocenters. The lowest BCUT2D eigenvalue weighted by atomic mass is 10.1. The van der Waals surface area contributed by atoms with Crippen LogP contribution in [0.2, 0.25) is 0 Å². The van der Waals surface area contributed by atoms with Crippen LogP contribution in [0.15, 0.2) is 54.6 Å². The zero-order chi connectivity index (χ0) is 27.1. The van der Waals surface area contributed by atoms with Gasteiger partial charge in [-0.1, -0.05) is 36.4 Å². The van der Waals surface area contributed by atoms with Crippen LogP contribution in [-0.4, -0.2) is 59.0 Å². The van der Waals surface area contributed by atoms with E-state index < -0.39 is 38.5 Å². The van der Waals surface area contributed by atoms with E-state index in [-0.39, 0.29) is 29.5 Å². The van der Waals surface area contributed by atoms with Gasteiger partial charge in [0.05, 0.1) is 6.26 Å². The SMILES string of the molecule is CS(=O)(=O)N1CCC(Oc2ccc3cc(OCc4ccccc4)c(N4CC(=O)NS4(=O)=O)c(F)c3c2)CC1. The Morgan fingerprint density at radius 1 is 1.08 bits per heavy atom. The molecule has 2 aliphatic heterocycles. The second-order valence-corrected chi connectivity index (χ2v) is 12.8. The minimum Gasteiger partial charge on any atom is -0.490 e. The first-order chi connectivity index (χ1) is 18.0. The summed E-state index contributed by atoms with van der Waals surface area (Å²) in [5.41, 5.74) is 0.425. The fourth-order valence-corrected chi connectivity index (χ4v) is 6.60. The van der Waals surface area contributed by atoms with Crippen molar-refractivity contribution in [2.45, 2.75) is 25.6 Å². The number of benzene rings is 3. The Morgan fingerprint density at radius 3 is 2.42 bits per heavy atom. The van der Waals surface area contributed by atoms with E-state index in [4.69, 9.17) is 9.47 Å². The Morgan fingerprint density at radius 2 is 1.79 bits per heavy atom. The Bertz CT molecular complexity index is 1590. The second kappa shape index (κ2) is 10.0. The summed E-state index contributed by atoms with van der Waals surface area (Å²) in [6.07, 6.45) is 1.86. The van der Waals surface area contributed by atoms with E-state index in [0.29, 0.717) is 41.4 Å². The summed E-state index contributed by atoms with van der Waals surface area (Å²) in [6.45, 7) is 0.125. The highest BCUT2D eigenvalue weighted by Crippen LogP contribution is 2.40. The summed E-state index contributed by atoms with van der Waals surface area (Å²) in [6, 6.07) is 15.4. The lowest BCUT2D eigenvalue weighted by molar-refractivity contribution is -0.117. The van der Waals surface area contributed by atoms with Gasteiger partial charge in [-0.25, -0.2) is 26.1 Å². The molecule has 0 aliphatic carbocycles. The lowest BCUT2D eigenvalue weighted by Crippen LogP contribution is -2.41. The number of carbonyl (C=O) groups is 1. The molecule has 0 atom stereocenters. The predicted molar refractivity (Wildman–Crippen MR) is 139 cm³/mol. The molecule has 0 spiro atoms. The molecule has 0 bridgehead atoms. The van der Waals surface area contributed by atoms with Gasteiger partial charge in [0.2, 0.25) is 10.0 Å². The standard InChI is InChI=1S/C25H26FN3O7S2/c1-37(31,32)28-11-9-19(10-12-28)36-20-8-7-18-13-22(35-16-17-5-3-2-4-6-17)25(24(26)21(18)14-20)29-15-23(30)27-38(29,33)34/h2-8,13-14,19H,9-12,15-16H2,1H3,(H,27,30). The number of nitrogens with zero attached hydrogens (tertiary/aromatic N) is 2. The maximum Gasteiger partial charge on any atom is 0.326 e. The van der Waals surface area contributed by atoms with Crippen LogP contribution in [-0.2, 0) is 31.6 Å². The van der Waals surface area contributed by atoms with E-state index in [1.165, 1.54) is 22.7 Å². The molecule has 13 heteroatoms. The molecule has 3 aromatic carbocycles. The van der Waals surface area contributed by atoms with Crippen LogP contribution in [0, 0.1) is 5.82 Å². The van der Waals surface area contributed by atoms with E-state index in [1.807, 2.05) is 35.1 Å². The third-order valence-corrected chi connectivity index (χ3v) is 9.15. The first-order valence-electron chi connectivity index (χ1n) is 11.9. The van der Waals surface area contributed by atoms with Gasteiger partial charge < -0.3 is 9.47 Å². The summed E-state index contributed by atoms with van der Waals surface area (Å²) in [7, 11) is -7.58. The number of amides is 1. The number of hydrogen-bond acceptors (Lipinski definition) is 7. The van der Waals surface area contributed by atoms with Crippen molar-refractivity contribution in [2.75, 3.05) is 30.2 Å². The first kappa shape index (κ1) is 26.2. The van der Waals surface area contributed by atoms with Crippen molar-refractivity contribution in [3.8, 4) is 11.5 Å². The van der Waals surface area contributed by atoms with Gasteiger partial charge in [0.15, 0.2) is 5.82 Å². The quantitative estimate of drug-likeness (QED) is 0.469. The number of hydrogen-bond donors (Lipinski definition) is 1. The van der Waals surface area contributed by atoms with Gasteiger partial charge in [-0.05, 0) is 42.0 Å². The zero-order valence-electron chi connectivity index (χ0n) is 20.5. The zero-order valence-corrected chi connectivity index (χ0v) is 22.1. The number of sulfonamides is 1. The van der Waals surface area contributed by atoms with Crippen LogP contribution in [0.3, 0.4) is 0 Å². The number of carbonyl (C=O) groups excluding carboxylic acids is 1. The minimum absolute atomic E-state index is 0.0271. The molecule has 1 N–H and O–H groups in total. The Hall–Kier alpha value is -3.42. The van der Waals surface area contributed by atoms with Crippen molar-refractivity contribution in [3.05, 3.63) is 66.0 Å². The van der Waals surface area contributed by atoms with Gasteiger partial charge in [-0.3, -0.25) is 4.79 Å². The molecular weight excluding hydrogens is 537 g/mol. The highest BCUT2D eigenvalue weighted by Gasteiger charge is 2.38. The molecule has 0 saturated carbocycles. The molecule has 2 heterocycles. The lowest BCUT2D eigenvalue weighted by Gasteiger charge is -2.30. The van der Waals surface area contributed by atoms with Crippen molar-refractivity contribution in [1.29, 1.82) is 0 Å². The summed E-state index contributed by atoms with van der Waals surface area (Å²) in [5, 5.41) is 0.539. The number of nitrogens with one attached hydrogen (secondary N) is 1. The maximum atomic E-state index is 16.1. The summed E-state index contributed by atoms with van der Waals surface area (Å²) < 4.78 is 80.6. The summed E-state index contributed by atoms with van der Waals surface area (Å²) in [4.78, 5) is 11.9. The fraction of sp³-hybridized carbons (Fsp3) is 0.320. The number of anilines is 1. The molecule has 10 nitrogen and oxygen atoms in total. The molecule has 0 aromatic heterocycles. The monoisotopic (exact) mass is 563 g/mol. The normalized spacial score (nSPS) is 18.5. The Labute approximate surface area is 220 Å². The molecular formula is C25H26FN3O7S2. The summed E-state index contributed by atoms with van der Waals surface area (Å²) >= 11 is 0.